The molecule has 0 saturated carbocycles. The normalized spacial score (nSPS) is 14.5. The van der Waals surface area contributed by atoms with Crippen LogP contribution in [-0.4, -0.2) is 51.9 Å². The Hall–Kier alpha value is -3.25. The summed E-state index contributed by atoms with van der Waals surface area (Å²) in [4.78, 5) is 26.0. The van der Waals surface area contributed by atoms with Crippen LogP contribution in [0.15, 0.2) is 60.7 Å². The van der Waals surface area contributed by atoms with Crippen LogP contribution in [0.25, 0.3) is 0 Å². The number of carbonyl (C=O) groups excluding carboxylic acids is 1. The first-order chi connectivity index (χ1) is 14.6. The number of aryl methyl sites for hydroxylation is 2. The number of nitrogens with zero attached hydrogens (tertiary/aromatic N) is 4. The van der Waals surface area contributed by atoms with Gasteiger partial charge in [0.1, 0.15) is 0 Å². The number of benzene rings is 2. The first kappa shape index (κ1) is 20.0. The lowest BCUT2D eigenvalue weighted by Crippen LogP contribution is -2.48. The van der Waals surface area contributed by atoms with E-state index < -0.39 is 0 Å². The van der Waals surface area contributed by atoms with Crippen molar-refractivity contribution in [3.8, 4) is 0 Å². The summed E-state index contributed by atoms with van der Waals surface area (Å²) in [5.74, 6) is 0.657. The number of hydrogen-bond donors (Lipinski definition) is 1. The quantitative estimate of drug-likeness (QED) is 0.705. The van der Waals surface area contributed by atoms with Crippen LogP contribution in [0.2, 0.25) is 0 Å². The number of amides is 1. The molecule has 30 heavy (non-hydrogen) atoms. The lowest BCUT2D eigenvalue weighted by atomic mass is 10.1. The lowest BCUT2D eigenvalue weighted by molar-refractivity contribution is 0.0628. The highest BCUT2D eigenvalue weighted by Crippen LogP contribution is 2.17. The fourth-order valence-corrected chi connectivity index (χ4v) is 3.74. The summed E-state index contributed by atoms with van der Waals surface area (Å²) in [6, 6.07) is 19.9. The molecule has 1 aromatic heterocycles. The van der Waals surface area contributed by atoms with Crippen molar-refractivity contribution >= 4 is 17.5 Å². The Bertz CT molecular complexity index is 976. The standard InChI is InChI=1S/C24H27N5O/c1-18-16-19(2)26-24(25-18)27-22-10-8-21(9-11-22)23(30)29-14-12-28(13-15-29)17-20-6-4-3-5-7-20/h3-11,16H,12-15,17H2,1-2H3,(H,25,26,27). The molecular weight excluding hydrogens is 374 g/mol. The van der Waals surface area contributed by atoms with Gasteiger partial charge in [0.05, 0.1) is 0 Å². The molecule has 2 aromatic carbocycles. The Kier molecular flexibility index (Phi) is 6.05. The minimum atomic E-state index is 0.0866. The molecule has 1 fully saturated rings. The molecule has 154 valence electrons. The topological polar surface area (TPSA) is 61.4 Å². The minimum absolute atomic E-state index is 0.0866. The van der Waals surface area contributed by atoms with Crippen LogP contribution in [0.4, 0.5) is 11.6 Å². The van der Waals surface area contributed by atoms with Gasteiger partial charge < -0.3 is 10.2 Å². The van der Waals surface area contributed by atoms with E-state index in [0.717, 1.165) is 49.8 Å². The molecule has 6 heteroatoms. The third-order valence-electron chi connectivity index (χ3n) is 5.28. The predicted octanol–water partition coefficient (Wildman–Crippen LogP) is 3.80. The maximum Gasteiger partial charge on any atom is 0.253 e. The summed E-state index contributed by atoms with van der Waals surface area (Å²) < 4.78 is 0. The van der Waals surface area contributed by atoms with E-state index in [-0.39, 0.29) is 5.91 Å². The second-order valence-electron chi connectivity index (χ2n) is 7.73. The van der Waals surface area contributed by atoms with E-state index in [2.05, 4.69) is 44.5 Å². The molecule has 0 unspecified atom stereocenters. The number of nitrogens with one attached hydrogen (secondary N) is 1. The van der Waals surface area contributed by atoms with Crippen molar-refractivity contribution in [2.24, 2.45) is 0 Å². The van der Waals surface area contributed by atoms with Crippen LogP contribution in [0, 0.1) is 13.8 Å². The molecule has 6 nitrogen and oxygen atoms in total. The van der Waals surface area contributed by atoms with Gasteiger partial charge in [0, 0.05) is 55.4 Å². The average Bonchev–Trinajstić information content (AvgIpc) is 2.74. The zero-order valence-corrected chi connectivity index (χ0v) is 17.5. The minimum Gasteiger partial charge on any atom is -0.336 e. The van der Waals surface area contributed by atoms with E-state index >= 15 is 0 Å². The van der Waals surface area contributed by atoms with Gasteiger partial charge in [0.15, 0.2) is 0 Å². The summed E-state index contributed by atoms with van der Waals surface area (Å²) in [5.41, 5.74) is 4.72. The highest BCUT2D eigenvalue weighted by atomic mass is 16.2. The molecule has 0 radical (unpaired) electrons. The largest absolute Gasteiger partial charge is 0.336 e. The summed E-state index contributed by atoms with van der Waals surface area (Å²) in [7, 11) is 0. The van der Waals surface area contributed by atoms with Gasteiger partial charge in [0.25, 0.3) is 5.91 Å². The molecular formula is C24H27N5O. The Morgan fingerprint density at radius 2 is 1.53 bits per heavy atom. The maximum atomic E-state index is 12.9. The first-order valence-corrected chi connectivity index (χ1v) is 10.3. The monoisotopic (exact) mass is 401 g/mol. The zero-order valence-electron chi connectivity index (χ0n) is 17.5. The van der Waals surface area contributed by atoms with Crippen LogP contribution in [-0.2, 0) is 6.54 Å². The molecule has 4 rings (SSSR count). The van der Waals surface area contributed by atoms with Crippen molar-refractivity contribution in [3.63, 3.8) is 0 Å². The molecule has 0 spiro atoms. The zero-order chi connectivity index (χ0) is 20.9. The van der Waals surface area contributed by atoms with Gasteiger partial charge in [-0.25, -0.2) is 9.97 Å². The molecule has 1 aliphatic rings. The van der Waals surface area contributed by atoms with Crippen LogP contribution in [0.5, 0.6) is 0 Å². The Morgan fingerprint density at radius 3 is 2.17 bits per heavy atom. The fraction of sp³-hybridized carbons (Fsp3) is 0.292. The number of carbonyl (C=O) groups is 1. The van der Waals surface area contributed by atoms with Gasteiger partial charge in [-0.15, -0.1) is 0 Å². The number of anilines is 2. The smallest absolute Gasteiger partial charge is 0.253 e. The highest BCUT2D eigenvalue weighted by molar-refractivity contribution is 5.94. The van der Waals surface area contributed by atoms with Crippen LogP contribution in [0.1, 0.15) is 27.3 Å². The van der Waals surface area contributed by atoms with E-state index in [1.165, 1.54) is 5.56 Å². The predicted molar refractivity (Wildman–Crippen MR) is 119 cm³/mol. The van der Waals surface area contributed by atoms with Gasteiger partial charge in [-0.05, 0) is 49.7 Å². The summed E-state index contributed by atoms with van der Waals surface area (Å²) >= 11 is 0. The molecule has 0 atom stereocenters. The highest BCUT2D eigenvalue weighted by Gasteiger charge is 2.22. The average molecular weight is 402 g/mol. The second-order valence-corrected chi connectivity index (χ2v) is 7.73. The molecule has 1 aliphatic heterocycles. The Morgan fingerprint density at radius 1 is 0.900 bits per heavy atom. The number of aromatic nitrogens is 2. The van der Waals surface area contributed by atoms with Crippen molar-refractivity contribution in [1.29, 1.82) is 0 Å². The van der Waals surface area contributed by atoms with E-state index in [0.29, 0.717) is 11.5 Å². The van der Waals surface area contributed by atoms with E-state index in [1.54, 1.807) is 0 Å². The van der Waals surface area contributed by atoms with E-state index in [1.807, 2.05) is 55.1 Å². The summed E-state index contributed by atoms with van der Waals surface area (Å²) in [5, 5.41) is 3.21. The number of hydrogen-bond acceptors (Lipinski definition) is 5. The molecule has 1 N–H and O–H groups in total. The van der Waals surface area contributed by atoms with Gasteiger partial charge in [0.2, 0.25) is 5.95 Å². The van der Waals surface area contributed by atoms with E-state index in [4.69, 9.17) is 0 Å². The van der Waals surface area contributed by atoms with Crippen molar-refractivity contribution in [2.75, 3.05) is 31.5 Å². The summed E-state index contributed by atoms with van der Waals surface area (Å²) in [6.07, 6.45) is 0. The Balaban J connectivity index is 1.33. The molecule has 2 heterocycles. The summed E-state index contributed by atoms with van der Waals surface area (Å²) in [6.45, 7) is 8.12. The SMILES string of the molecule is Cc1cc(C)nc(Nc2ccc(C(=O)N3CCN(Cc4ccccc4)CC3)cc2)n1. The van der Waals surface area contributed by atoms with Crippen molar-refractivity contribution < 1.29 is 4.79 Å². The second kappa shape index (κ2) is 9.05. The maximum absolute atomic E-state index is 12.9. The van der Waals surface area contributed by atoms with Gasteiger partial charge >= 0.3 is 0 Å². The molecule has 1 amide bonds. The van der Waals surface area contributed by atoms with Crippen LogP contribution in [0.3, 0.4) is 0 Å². The van der Waals surface area contributed by atoms with Crippen molar-refractivity contribution in [1.82, 2.24) is 19.8 Å². The molecule has 0 bridgehead atoms. The lowest BCUT2D eigenvalue weighted by Gasteiger charge is -2.34. The molecule has 3 aromatic rings. The fourth-order valence-electron chi connectivity index (χ4n) is 3.74. The molecule has 0 aliphatic carbocycles. The van der Waals surface area contributed by atoms with Crippen molar-refractivity contribution in [2.45, 2.75) is 20.4 Å². The number of piperazine rings is 1. The van der Waals surface area contributed by atoms with Gasteiger partial charge in [-0.2, -0.15) is 0 Å². The third-order valence-corrected chi connectivity index (χ3v) is 5.28. The molecule has 1 saturated heterocycles. The van der Waals surface area contributed by atoms with Crippen LogP contribution >= 0.6 is 0 Å². The van der Waals surface area contributed by atoms with E-state index in [9.17, 15) is 4.79 Å². The van der Waals surface area contributed by atoms with Gasteiger partial charge in [-0.3, -0.25) is 9.69 Å². The van der Waals surface area contributed by atoms with Gasteiger partial charge in [-0.1, -0.05) is 30.3 Å². The Labute approximate surface area is 177 Å². The third kappa shape index (κ3) is 5.02. The van der Waals surface area contributed by atoms with Crippen molar-refractivity contribution in [3.05, 3.63) is 83.2 Å². The van der Waals surface area contributed by atoms with Crippen LogP contribution < -0.4 is 5.32 Å². The first-order valence-electron chi connectivity index (χ1n) is 10.3. The number of rotatable bonds is 5.